The molecule has 3 heteroatoms. The van der Waals surface area contributed by atoms with E-state index in [1.807, 2.05) is 0 Å². The summed E-state index contributed by atoms with van der Waals surface area (Å²) in [5.41, 5.74) is 6.01. The SMILES string of the molecule is NCC1CCCCCC1N1CCCCCC1CO. The standard InChI is InChI=1S/C15H30N2O/c16-11-13-7-3-1-5-9-15(13)17-10-6-2-4-8-14(17)12-18/h13-15,18H,1-12,16H2. The van der Waals surface area contributed by atoms with E-state index in [1.165, 1.54) is 64.3 Å². The minimum atomic E-state index is 0.327. The van der Waals surface area contributed by atoms with Crippen LogP contribution in [0.4, 0.5) is 0 Å². The van der Waals surface area contributed by atoms with Crippen molar-refractivity contribution in [3.05, 3.63) is 0 Å². The number of hydrogen-bond acceptors (Lipinski definition) is 3. The fourth-order valence-corrected chi connectivity index (χ4v) is 3.91. The lowest BCUT2D eigenvalue weighted by Gasteiger charge is -2.39. The van der Waals surface area contributed by atoms with E-state index >= 15 is 0 Å². The Morgan fingerprint density at radius 1 is 0.944 bits per heavy atom. The molecule has 0 aromatic heterocycles. The van der Waals surface area contributed by atoms with Crippen molar-refractivity contribution in [3.8, 4) is 0 Å². The van der Waals surface area contributed by atoms with Gasteiger partial charge >= 0.3 is 0 Å². The summed E-state index contributed by atoms with van der Waals surface area (Å²) in [7, 11) is 0. The number of likely N-dealkylation sites (tertiary alicyclic amines) is 1. The van der Waals surface area contributed by atoms with Crippen LogP contribution in [-0.4, -0.2) is 41.8 Å². The lowest BCUT2D eigenvalue weighted by molar-refractivity contribution is 0.0545. The Morgan fingerprint density at radius 2 is 1.67 bits per heavy atom. The van der Waals surface area contributed by atoms with E-state index in [9.17, 15) is 5.11 Å². The second-order valence-electron chi connectivity index (χ2n) is 6.12. The van der Waals surface area contributed by atoms with E-state index < -0.39 is 0 Å². The van der Waals surface area contributed by atoms with Gasteiger partial charge in [0.2, 0.25) is 0 Å². The van der Waals surface area contributed by atoms with E-state index in [0.717, 1.165) is 6.54 Å². The highest BCUT2D eigenvalue weighted by Crippen LogP contribution is 2.30. The number of rotatable bonds is 3. The largest absolute Gasteiger partial charge is 0.395 e. The van der Waals surface area contributed by atoms with Gasteiger partial charge in [-0.05, 0) is 44.7 Å². The van der Waals surface area contributed by atoms with Gasteiger partial charge in [0, 0.05) is 12.1 Å². The Balaban J connectivity index is 2.07. The van der Waals surface area contributed by atoms with E-state index in [0.29, 0.717) is 24.6 Å². The van der Waals surface area contributed by atoms with Gasteiger partial charge in [-0.15, -0.1) is 0 Å². The van der Waals surface area contributed by atoms with Crippen molar-refractivity contribution in [1.82, 2.24) is 4.90 Å². The van der Waals surface area contributed by atoms with Gasteiger partial charge < -0.3 is 10.8 Å². The highest BCUT2D eigenvalue weighted by atomic mass is 16.3. The van der Waals surface area contributed by atoms with Crippen molar-refractivity contribution < 1.29 is 5.11 Å². The van der Waals surface area contributed by atoms with Gasteiger partial charge in [0.1, 0.15) is 0 Å². The van der Waals surface area contributed by atoms with Gasteiger partial charge in [-0.1, -0.05) is 32.1 Å². The number of nitrogens with two attached hydrogens (primary N) is 1. The Labute approximate surface area is 112 Å². The Bertz CT molecular complexity index is 211. The van der Waals surface area contributed by atoms with Crippen LogP contribution in [0.3, 0.4) is 0 Å². The highest BCUT2D eigenvalue weighted by Gasteiger charge is 2.32. The molecule has 0 amide bonds. The summed E-state index contributed by atoms with van der Waals surface area (Å²) in [4.78, 5) is 2.62. The predicted molar refractivity (Wildman–Crippen MR) is 75.5 cm³/mol. The van der Waals surface area contributed by atoms with Crippen molar-refractivity contribution in [2.24, 2.45) is 11.7 Å². The fourth-order valence-electron chi connectivity index (χ4n) is 3.91. The molecule has 0 spiro atoms. The molecular formula is C15H30N2O. The lowest BCUT2D eigenvalue weighted by Crippen LogP contribution is -2.49. The molecule has 1 aliphatic heterocycles. The molecule has 3 nitrogen and oxygen atoms in total. The van der Waals surface area contributed by atoms with Crippen LogP contribution in [-0.2, 0) is 0 Å². The summed E-state index contributed by atoms with van der Waals surface area (Å²) in [5, 5.41) is 9.67. The molecule has 0 aromatic carbocycles. The van der Waals surface area contributed by atoms with Crippen LogP contribution >= 0.6 is 0 Å². The zero-order valence-electron chi connectivity index (χ0n) is 11.7. The van der Waals surface area contributed by atoms with Crippen LogP contribution in [0.25, 0.3) is 0 Å². The van der Waals surface area contributed by atoms with Crippen molar-refractivity contribution in [3.63, 3.8) is 0 Å². The Hall–Kier alpha value is -0.120. The second-order valence-corrected chi connectivity index (χ2v) is 6.12. The zero-order valence-corrected chi connectivity index (χ0v) is 11.7. The van der Waals surface area contributed by atoms with Crippen molar-refractivity contribution in [2.75, 3.05) is 19.7 Å². The third kappa shape index (κ3) is 3.46. The molecule has 3 N–H and O–H groups in total. The summed E-state index contributed by atoms with van der Waals surface area (Å²) in [6.45, 7) is 2.32. The van der Waals surface area contributed by atoms with Crippen LogP contribution in [0, 0.1) is 5.92 Å². The summed E-state index contributed by atoms with van der Waals surface area (Å²) in [5.74, 6) is 0.652. The minimum absolute atomic E-state index is 0.327. The fraction of sp³-hybridized carbons (Fsp3) is 1.00. The van der Waals surface area contributed by atoms with Gasteiger partial charge in [-0.25, -0.2) is 0 Å². The van der Waals surface area contributed by atoms with Gasteiger partial charge in [0.15, 0.2) is 0 Å². The quantitative estimate of drug-likeness (QED) is 0.759. The molecule has 1 saturated heterocycles. The van der Waals surface area contributed by atoms with E-state index in [4.69, 9.17) is 5.73 Å². The molecule has 106 valence electrons. The normalized spacial score (nSPS) is 36.0. The molecule has 1 saturated carbocycles. The molecular weight excluding hydrogens is 224 g/mol. The van der Waals surface area contributed by atoms with Crippen LogP contribution in [0.1, 0.15) is 57.8 Å². The molecule has 0 bridgehead atoms. The number of aliphatic hydroxyl groups excluding tert-OH is 1. The minimum Gasteiger partial charge on any atom is -0.395 e. The first-order valence-electron chi connectivity index (χ1n) is 7.93. The molecule has 2 aliphatic rings. The number of nitrogens with zero attached hydrogens (tertiary/aromatic N) is 1. The smallest absolute Gasteiger partial charge is 0.0586 e. The molecule has 0 aromatic rings. The maximum Gasteiger partial charge on any atom is 0.0586 e. The summed E-state index contributed by atoms with van der Waals surface area (Å²) in [6, 6.07) is 1.03. The molecule has 1 aliphatic carbocycles. The second kappa shape index (κ2) is 7.46. The lowest BCUT2D eigenvalue weighted by atomic mass is 9.92. The Kier molecular flexibility index (Phi) is 5.93. The van der Waals surface area contributed by atoms with E-state index in [-0.39, 0.29) is 0 Å². The van der Waals surface area contributed by atoms with Crippen LogP contribution in [0.15, 0.2) is 0 Å². The summed E-state index contributed by atoms with van der Waals surface area (Å²) < 4.78 is 0. The number of aliphatic hydroxyl groups is 1. The van der Waals surface area contributed by atoms with Gasteiger partial charge in [0.25, 0.3) is 0 Å². The molecule has 18 heavy (non-hydrogen) atoms. The highest BCUT2D eigenvalue weighted by molar-refractivity contribution is 4.87. The van der Waals surface area contributed by atoms with Crippen LogP contribution < -0.4 is 5.73 Å². The topological polar surface area (TPSA) is 49.5 Å². The molecule has 2 fully saturated rings. The van der Waals surface area contributed by atoms with Gasteiger partial charge in [-0.3, -0.25) is 4.90 Å². The van der Waals surface area contributed by atoms with Crippen molar-refractivity contribution in [1.29, 1.82) is 0 Å². The molecule has 3 unspecified atom stereocenters. The third-order valence-corrected chi connectivity index (χ3v) is 4.98. The third-order valence-electron chi connectivity index (χ3n) is 4.98. The maximum absolute atomic E-state index is 9.67. The van der Waals surface area contributed by atoms with E-state index in [1.54, 1.807) is 0 Å². The molecule has 1 heterocycles. The molecule has 3 atom stereocenters. The number of hydrogen-bond donors (Lipinski definition) is 2. The van der Waals surface area contributed by atoms with Gasteiger partial charge in [0.05, 0.1) is 6.61 Å². The Morgan fingerprint density at radius 3 is 2.44 bits per heavy atom. The first-order chi connectivity index (χ1) is 8.86. The average molecular weight is 254 g/mol. The summed E-state index contributed by atoms with van der Waals surface area (Å²) >= 11 is 0. The first kappa shape index (κ1) is 14.3. The monoisotopic (exact) mass is 254 g/mol. The summed E-state index contributed by atoms with van der Waals surface area (Å²) in [6.07, 6.45) is 11.7. The van der Waals surface area contributed by atoms with Crippen LogP contribution in [0.5, 0.6) is 0 Å². The molecule has 2 rings (SSSR count). The van der Waals surface area contributed by atoms with Gasteiger partial charge in [-0.2, -0.15) is 0 Å². The van der Waals surface area contributed by atoms with Crippen molar-refractivity contribution in [2.45, 2.75) is 69.9 Å². The molecule has 0 radical (unpaired) electrons. The predicted octanol–water partition coefficient (Wildman–Crippen LogP) is 2.13. The average Bonchev–Trinajstić information content (AvgIpc) is 2.77. The van der Waals surface area contributed by atoms with E-state index in [2.05, 4.69) is 4.90 Å². The first-order valence-corrected chi connectivity index (χ1v) is 7.93. The van der Waals surface area contributed by atoms with Crippen molar-refractivity contribution >= 4 is 0 Å². The maximum atomic E-state index is 9.67. The van der Waals surface area contributed by atoms with Crippen LogP contribution in [0.2, 0.25) is 0 Å². The zero-order chi connectivity index (χ0) is 12.8.